The summed E-state index contributed by atoms with van der Waals surface area (Å²) in [4.78, 5) is 9.79. The minimum atomic E-state index is -0.433. The molecule has 0 saturated carbocycles. The Morgan fingerprint density at radius 3 is 0.626 bits per heavy atom. The van der Waals surface area contributed by atoms with Crippen LogP contribution in [0.5, 0.6) is 0 Å². The molecule has 652 valence electrons. The van der Waals surface area contributed by atoms with Crippen molar-refractivity contribution in [1.82, 2.24) is 0 Å². The Morgan fingerprint density at radius 2 is 0.360 bits per heavy atom. The Kier molecular flexibility index (Phi) is 17.9. The van der Waals surface area contributed by atoms with Crippen molar-refractivity contribution in [3.8, 4) is 44.5 Å². The lowest BCUT2D eigenvalue weighted by atomic mass is 9.77. The molecule has 0 bridgehead atoms. The fourth-order valence-electron chi connectivity index (χ4n) is 22.7. The summed E-state index contributed by atoms with van der Waals surface area (Å²) < 4.78 is 28.2. The van der Waals surface area contributed by atoms with Gasteiger partial charge in [0.25, 0.3) is 0 Å². The van der Waals surface area contributed by atoms with Crippen LogP contribution in [0.2, 0.25) is 0 Å². The quantitative estimate of drug-likeness (QED) is 0.0788. The van der Waals surface area contributed by atoms with Crippen molar-refractivity contribution in [3.05, 3.63) is 484 Å². The van der Waals surface area contributed by atoms with E-state index in [-0.39, 0.29) is 0 Å². The van der Waals surface area contributed by atoms with Gasteiger partial charge < -0.3 is 37.3 Å². The normalized spacial score (nSPS) is 12.1. The Bertz CT molecular complexity index is 9230. The molecule has 0 atom stereocenters. The summed E-state index contributed by atoms with van der Waals surface area (Å²) in [5.74, 6) is 0. The maximum Gasteiger partial charge on any atom is 0.159 e. The number of para-hydroxylation sites is 12. The summed E-state index contributed by atoms with van der Waals surface area (Å²) in [6.45, 7) is 4.70. The number of fused-ring (bicyclic) bond motifs is 12. The summed E-state index contributed by atoms with van der Waals surface area (Å²) in [5, 5.41) is 22.2. The molecule has 0 aliphatic heterocycles. The molecule has 0 radical (unpaired) electrons. The van der Waals surface area contributed by atoms with Gasteiger partial charge in [-0.25, -0.2) is 0 Å². The van der Waals surface area contributed by atoms with Crippen LogP contribution in [0.4, 0.5) is 68.2 Å². The van der Waals surface area contributed by atoms with Crippen molar-refractivity contribution in [3.63, 3.8) is 0 Å². The van der Waals surface area contributed by atoms with Gasteiger partial charge in [-0.2, -0.15) is 0 Å². The average Bonchev–Trinajstić information content (AvgIpc) is 1.14. The molecule has 0 aliphatic carbocycles. The van der Waals surface area contributed by atoms with Crippen LogP contribution in [0.25, 0.3) is 197 Å². The Hall–Kier alpha value is -18.2. The van der Waals surface area contributed by atoms with Gasteiger partial charge >= 0.3 is 0 Å². The monoisotopic (exact) mass is 1780 g/mol. The molecular weight excluding hydrogens is 1690 g/mol. The average molecular weight is 1780 g/mol. The molecule has 8 nitrogen and oxygen atoms in total. The number of benzene rings is 24. The first-order valence-electron chi connectivity index (χ1n) is 47.7. The van der Waals surface area contributed by atoms with E-state index in [1.165, 1.54) is 32.7 Å². The van der Waals surface area contributed by atoms with Crippen LogP contribution in [-0.4, -0.2) is 0 Å². The van der Waals surface area contributed by atoms with Crippen molar-refractivity contribution < 1.29 is 17.7 Å². The van der Waals surface area contributed by atoms with Crippen LogP contribution in [0.15, 0.2) is 491 Å². The van der Waals surface area contributed by atoms with E-state index in [1.807, 2.05) is 0 Å². The van der Waals surface area contributed by atoms with Crippen molar-refractivity contribution in [1.29, 1.82) is 0 Å². The molecule has 4 heterocycles. The van der Waals surface area contributed by atoms with Gasteiger partial charge in [-0.05, 0) is 174 Å². The molecular formula is C131H84N4O4. The second kappa shape index (κ2) is 31.4. The minimum Gasteiger partial charge on any atom is -0.454 e. The van der Waals surface area contributed by atoms with Crippen molar-refractivity contribution in [2.24, 2.45) is 0 Å². The largest absolute Gasteiger partial charge is 0.454 e. The maximum atomic E-state index is 7.12. The fraction of sp³-hybridized carbons (Fsp3) is 0.0229. The standard InChI is InChI=1S/C131H84N4O4/c1-131(2,89-69-57-83(58-70-89)93-35-11-19-47-109(93)134(117-51-27-43-101-97-39-15-23-55-121(97)138-129(101)117)113-79-67-87-61-73-103-111(77-65-85-63-75-105(113)125(87)123(85)103)132(107-45-17-9-33-91(107)81-29-5-3-6-30-81)115-49-25-41-99-95-37-13-21-53-119(95)136-127(99)115)90-71-59-84(60-72-90)94-36-12-20-48-110(94)135(118-52-28-44-102-98-40-16-24-56-122(98)139-130(102)118)114-80-68-88-62-74-104-112(78-66-86-64-76-106(114)126(88)124(86)104)133(108-46-18-10-34-92(108)82-31-7-4-8-32-82)116-50-26-42-100-96-38-14-22-54-120(96)137-128(100)116/h3-80H,1-2H3. The highest BCUT2D eigenvalue weighted by Gasteiger charge is 2.34. The van der Waals surface area contributed by atoms with Crippen molar-refractivity contribution in [2.45, 2.75) is 19.3 Å². The highest BCUT2D eigenvalue weighted by Crippen LogP contribution is 2.58. The van der Waals surface area contributed by atoms with Gasteiger partial charge in [0.2, 0.25) is 0 Å². The first kappa shape index (κ1) is 79.3. The lowest BCUT2D eigenvalue weighted by Gasteiger charge is -2.31. The first-order valence-corrected chi connectivity index (χ1v) is 47.7. The third-order valence-electron chi connectivity index (χ3n) is 29.3. The van der Waals surface area contributed by atoms with Crippen molar-refractivity contribution in [2.75, 3.05) is 19.6 Å². The summed E-state index contributed by atoms with van der Waals surface area (Å²) in [6.07, 6.45) is 0. The molecule has 28 aromatic rings. The van der Waals surface area contributed by atoms with E-state index in [0.717, 1.165) is 244 Å². The van der Waals surface area contributed by atoms with Gasteiger partial charge in [0.1, 0.15) is 22.3 Å². The summed E-state index contributed by atoms with van der Waals surface area (Å²) in [7, 11) is 0. The molecule has 0 N–H and O–H groups in total. The van der Waals surface area contributed by atoms with E-state index in [9.17, 15) is 0 Å². The van der Waals surface area contributed by atoms with Crippen LogP contribution in [0, 0.1) is 0 Å². The van der Waals surface area contributed by atoms with Gasteiger partial charge in [0.15, 0.2) is 22.3 Å². The van der Waals surface area contributed by atoms with E-state index in [4.69, 9.17) is 17.7 Å². The molecule has 0 unspecified atom stereocenters. The smallest absolute Gasteiger partial charge is 0.159 e. The van der Waals surface area contributed by atoms with Gasteiger partial charge in [-0.15, -0.1) is 0 Å². The number of anilines is 12. The molecule has 139 heavy (non-hydrogen) atoms. The van der Waals surface area contributed by atoms with Crippen LogP contribution in [0.3, 0.4) is 0 Å². The molecule has 0 saturated heterocycles. The van der Waals surface area contributed by atoms with Crippen LogP contribution < -0.4 is 19.6 Å². The zero-order valence-electron chi connectivity index (χ0n) is 76.0. The van der Waals surface area contributed by atoms with E-state index in [2.05, 4.69) is 507 Å². The lowest BCUT2D eigenvalue weighted by Crippen LogP contribution is -2.18. The molecule has 4 aromatic heterocycles. The SMILES string of the molecule is CC(C)(c1ccc(-c2ccccc2N(c2ccc3ccc4c(N(c5ccccc5-c5ccccc5)c5cccc6c5oc5ccccc56)ccc5ccc2c3c54)c2cccc3c2oc2ccccc23)cc1)c1ccc(-c2ccccc2N(c2ccc3ccc4c(N(c5ccccc5-c5ccccc5)c5cccc6c5oc5ccccc56)ccc5ccc2c3c54)c2cccc3c2oc2ccccc23)cc1. The lowest BCUT2D eigenvalue weighted by molar-refractivity contribution is 0.641. The van der Waals surface area contributed by atoms with E-state index >= 15 is 0 Å². The predicted octanol–water partition coefficient (Wildman–Crippen LogP) is 38.0. The molecule has 24 aromatic carbocycles. The van der Waals surface area contributed by atoms with E-state index in [0.29, 0.717) is 0 Å². The number of rotatable bonds is 18. The molecule has 0 aliphatic rings. The second-order valence-electron chi connectivity index (χ2n) is 37.1. The number of nitrogens with zero attached hydrogens (tertiary/aromatic N) is 4. The molecule has 0 fully saturated rings. The third kappa shape index (κ3) is 12.4. The topological polar surface area (TPSA) is 65.5 Å². The Morgan fingerprint density at radius 1 is 0.151 bits per heavy atom. The number of furan rings is 4. The van der Waals surface area contributed by atoms with E-state index < -0.39 is 5.41 Å². The maximum absolute atomic E-state index is 7.12. The highest BCUT2D eigenvalue weighted by atomic mass is 16.3. The summed E-state index contributed by atoms with van der Waals surface area (Å²) in [5.41, 5.74) is 29.3. The molecule has 8 heteroatoms. The fourth-order valence-corrected chi connectivity index (χ4v) is 22.7. The van der Waals surface area contributed by atoms with Gasteiger partial charge in [-0.3, -0.25) is 0 Å². The predicted molar refractivity (Wildman–Crippen MR) is 582 cm³/mol. The van der Waals surface area contributed by atoms with Crippen molar-refractivity contribution >= 4 is 221 Å². The third-order valence-corrected chi connectivity index (χ3v) is 29.3. The van der Waals surface area contributed by atoms with Crippen LogP contribution >= 0.6 is 0 Å². The Balaban J connectivity index is 0.558. The molecule has 28 rings (SSSR count). The molecule has 0 amide bonds. The highest BCUT2D eigenvalue weighted by molar-refractivity contribution is 6.32. The molecule has 0 spiro atoms. The van der Waals surface area contributed by atoms with E-state index in [1.54, 1.807) is 0 Å². The number of hydrogen-bond donors (Lipinski definition) is 0. The van der Waals surface area contributed by atoms with Gasteiger partial charge in [0.05, 0.1) is 68.2 Å². The summed E-state index contributed by atoms with van der Waals surface area (Å²) >= 11 is 0. The zero-order chi connectivity index (χ0) is 91.7. The van der Waals surface area contributed by atoms with Crippen LogP contribution in [0.1, 0.15) is 25.0 Å². The van der Waals surface area contributed by atoms with Gasteiger partial charge in [0, 0.05) is 92.3 Å². The van der Waals surface area contributed by atoms with Crippen LogP contribution in [-0.2, 0) is 5.41 Å². The second-order valence-corrected chi connectivity index (χ2v) is 37.1. The zero-order valence-corrected chi connectivity index (χ0v) is 76.0. The summed E-state index contributed by atoms with van der Waals surface area (Å²) in [6, 6.07) is 172. The number of hydrogen-bond acceptors (Lipinski definition) is 8. The Labute approximate surface area is 800 Å². The minimum absolute atomic E-state index is 0.433. The van der Waals surface area contributed by atoms with Gasteiger partial charge in [-0.1, -0.05) is 390 Å². The first-order chi connectivity index (χ1) is 68.7.